The number of nitrogens with one attached hydrogen (secondary N) is 1. The zero-order valence-electron chi connectivity index (χ0n) is 15.8. The number of benzene rings is 2. The summed E-state index contributed by atoms with van der Waals surface area (Å²) in [6.45, 7) is 0. The van der Waals surface area contributed by atoms with E-state index in [1.165, 1.54) is 59.7 Å². The fraction of sp³-hybridized carbons (Fsp3) is 0. The van der Waals surface area contributed by atoms with E-state index in [0.717, 1.165) is 0 Å². The van der Waals surface area contributed by atoms with E-state index in [9.17, 15) is 13.6 Å². The summed E-state index contributed by atoms with van der Waals surface area (Å²) in [5.41, 5.74) is 0.847. The molecule has 0 bridgehead atoms. The third-order valence-electron chi connectivity index (χ3n) is 4.07. The van der Waals surface area contributed by atoms with Crippen molar-refractivity contribution in [3.63, 3.8) is 0 Å². The van der Waals surface area contributed by atoms with Crippen molar-refractivity contribution in [1.82, 2.24) is 25.2 Å². The highest BCUT2D eigenvalue weighted by Crippen LogP contribution is 2.25. The summed E-state index contributed by atoms with van der Waals surface area (Å²) in [5, 5.41) is 13.2. The van der Waals surface area contributed by atoms with Gasteiger partial charge in [-0.25, -0.2) is 13.5 Å². The van der Waals surface area contributed by atoms with Gasteiger partial charge in [0.05, 0.1) is 17.6 Å². The summed E-state index contributed by atoms with van der Waals surface area (Å²) in [7, 11) is 0. The molecule has 0 aliphatic heterocycles. The molecule has 31 heavy (non-hydrogen) atoms. The van der Waals surface area contributed by atoms with Crippen LogP contribution in [0.4, 0.5) is 14.5 Å². The van der Waals surface area contributed by atoms with E-state index < -0.39 is 17.5 Å². The van der Waals surface area contributed by atoms with Gasteiger partial charge in [-0.1, -0.05) is 6.07 Å². The Hall–Kier alpha value is -4.47. The molecule has 0 spiro atoms. The van der Waals surface area contributed by atoms with Crippen LogP contribution in [0.5, 0.6) is 11.5 Å². The minimum absolute atomic E-state index is 0.0242. The first-order valence-electron chi connectivity index (χ1n) is 8.98. The average Bonchev–Trinajstić information content (AvgIpc) is 3.31. The number of ether oxygens (including phenoxy) is 1. The minimum atomic E-state index is -0.624. The number of carbonyl (C=O) groups excluding carboxylic acids is 1. The first-order chi connectivity index (χ1) is 15.1. The van der Waals surface area contributed by atoms with Crippen molar-refractivity contribution in [3.05, 3.63) is 90.5 Å². The first kappa shape index (κ1) is 19.8. The topological polar surface area (TPSA) is 94.8 Å². The fourth-order valence-electron chi connectivity index (χ4n) is 2.62. The van der Waals surface area contributed by atoms with Gasteiger partial charge in [0.1, 0.15) is 17.9 Å². The van der Waals surface area contributed by atoms with Crippen LogP contribution < -0.4 is 10.1 Å². The molecule has 4 rings (SSSR count). The number of carbonyl (C=O) groups is 1. The van der Waals surface area contributed by atoms with Crippen molar-refractivity contribution < 1.29 is 18.3 Å². The molecule has 4 aromatic rings. The molecule has 1 N–H and O–H groups in total. The van der Waals surface area contributed by atoms with E-state index in [0.29, 0.717) is 17.0 Å². The highest BCUT2D eigenvalue weighted by atomic mass is 19.1. The van der Waals surface area contributed by atoms with Crippen LogP contribution in [0, 0.1) is 11.6 Å². The molecule has 10 heteroatoms. The van der Waals surface area contributed by atoms with Crippen molar-refractivity contribution in [2.45, 2.75) is 0 Å². The van der Waals surface area contributed by atoms with E-state index in [4.69, 9.17) is 4.74 Å². The van der Waals surface area contributed by atoms with Crippen molar-refractivity contribution >= 4 is 17.7 Å². The molecular formula is C21H14F2N6O2. The Morgan fingerprint density at radius 1 is 1.10 bits per heavy atom. The molecule has 0 aliphatic carbocycles. The zero-order valence-corrected chi connectivity index (χ0v) is 15.8. The van der Waals surface area contributed by atoms with Gasteiger partial charge in [-0.05, 0) is 64.5 Å². The summed E-state index contributed by atoms with van der Waals surface area (Å²) in [4.78, 5) is 16.1. The summed E-state index contributed by atoms with van der Waals surface area (Å²) in [5.74, 6) is -1.40. The maximum atomic E-state index is 14.3. The minimum Gasteiger partial charge on any atom is -0.453 e. The number of rotatable bonds is 6. The summed E-state index contributed by atoms with van der Waals surface area (Å²) in [6, 6.07) is 11.6. The number of amides is 1. The Kier molecular flexibility index (Phi) is 5.70. The highest BCUT2D eigenvalue weighted by Gasteiger charge is 2.09. The molecule has 0 saturated carbocycles. The second kappa shape index (κ2) is 8.91. The number of pyridine rings is 1. The molecule has 2 aromatic heterocycles. The van der Waals surface area contributed by atoms with Crippen LogP contribution >= 0.6 is 0 Å². The lowest BCUT2D eigenvalue weighted by molar-refractivity contribution is -0.111. The van der Waals surface area contributed by atoms with Crippen LogP contribution in [0.2, 0.25) is 0 Å². The van der Waals surface area contributed by atoms with E-state index in [-0.39, 0.29) is 11.4 Å². The fourth-order valence-corrected chi connectivity index (χ4v) is 2.62. The molecule has 1 amide bonds. The van der Waals surface area contributed by atoms with E-state index >= 15 is 0 Å². The molecule has 0 aliphatic rings. The van der Waals surface area contributed by atoms with Gasteiger partial charge < -0.3 is 10.1 Å². The summed E-state index contributed by atoms with van der Waals surface area (Å²) in [6.07, 6.45) is 6.95. The molecule has 154 valence electrons. The number of anilines is 1. The molecule has 0 radical (unpaired) electrons. The maximum absolute atomic E-state index is 14.3. The molecular weight excluding hydrogens is 406 g/mol. The van der Waals surface area contributed by atoms with Crippen LogP contribution in [0.1, 0.15) is 5.56 Å². The second-order valence-electron chi connectivity index (χ2n) is 6.22. The van der Waals surface area contributed by atoms with Gasteiger partial charge in [-0.2, -0.15) is 0 Å². The van der Waals surface area contributed by atoms with Crippen molar-refractivity contribution in [2.75, 3.05) is 5.32 Å². The van der Waals surface area contributed by atoms with Gasteiger partial charge in [-0.15, -0.1) is 5.10 Å². The van der Waals surface area contributed by atoms with E-state index in [2.05, 4.69) is 25.8 Å². The van der Waals surface area contributed by atoms with Crippen molar-refractivity contribution in [2.24, 2.45) is 0 Å². The number of aromatic nitrogens is 5. The Bertz CT molecular complexity index is 1230. The van der Waals surface area contributed by atoms with Crippen molar-refractivity contribution in [3.8, 4) is 17.2 Å². The van der Waals surface area contributed by atoms with Gasteiger partial charge >= 0.3 is 0 Å². The molecule has 0 fully saturated rings. The largest absolute Gasteiger partial charge is 0.453 e. The standard InChI is InChI=1S/C21H14F2N6O2/c22-17-6-5-15(29-13-25-27-28-29)11-19(17)26-21(30)8-4-14-3-7-20(18(23)10-14)31-16-2-1-9-24-12-16/h1-13H,(H,26,30)/b8-4+. The third-order valence-corrected chi connectivity index (χ3v) is 4.07. The van der Waals surface area contributed by atoms with Gasteiger partial charge in [0.15, 0.2) is 11.6 Å². The second-order valence-corrected chi connectivity index (χ2v) is 6.22. The van der Waals surface area contributed by atoms with E-state index in [1.54, 1.807) is 24.4 Å². The quantitative estimate of drug-likeness (QED) is 0.477. The normalized spacial score (nSPS) is 10.9. The highest BCUT2D eigenvalue weighted by molar-refractivity contribution is 6.02. The van der Waals surface area contributed by atoms with Crippen LogP contribution in [0.25, 0.3) is 11.8 Å². The molecule has 0 saturated heterocycles. The van der Waals surface area contributed by atoms with Gasteiger partial charge in [0, 0.05) is 12.3 Å². The molecule has 8 nitrogen and oxygen atoms in total. The van der Waals surface area contributed by atoms with Crippen LogP contribution in [-0.4, -0.2) is 31.1 Å². The number of halogens is 2. The Labute approximate surface area is 174 Å². The van der Waals surface area contributed by atoms with Gasteiger partial charge in [-0.3, -0.25) is 9.78 Å². The number of tetrazole rings is 1. The lowest BCUT2D eigenvalue weighted by Crippen LogP contribution is -2.10. The maximum Gasteiger partial charge on any atom is 0.248 e. The number of hydrogen-bond donors (Lipinski definition) is 1. The number of nitrogens with zero attached hydrogens (tertiary/aromatic N) is 5. The monoisotopic (exact) mass is 420 g/mol. The van der Waals surface area contributed by atoms with Crippen LogP contribution in [-0.2, 0) is 4.79 Å². The number of hydrogen-bond acceptors (Lipinski definition) is 6. The lowest BCUT2D eigenvalue weighted by Gasteiger charge is -2.07. The Morgan fingerprint density at radius 2 is 2.00 bits per heavy atom. The van der Waals surface area contributed by atoms with Gasteiger partial charge in [0.2, 0.25) is 5.91 Å². The molecule has 2 aromatic carbocycles. The summed E-state index contributed by atoms with van der Waals surface area (Å²) >= 11 is 0. The predicted molar refractivity (Wildman–Crippen MR) is 107 cm³/mol. The SMILES string of the molecule is O=C(/C=C/c1ccc(Oc2cccnc2)c(F)c1)Nc1cc(-n2cnnn2)ccc1F. The van der Waals surface area contributed by atoms with Crippen LogP contribution in [0.3, 0.4) is 0 Å². The van der Waals surface area contributed by atoms with Crippen molar-refractivity contribution in [1.29, 1.82) is 0 Å². The Morgan fingerprint density at radius 3 is 2.74 bits per heavy atom. The third kappa shape index (κ3) is 4.93. The average molecular weight is 420 g/mol. The smallest absolute Gasteiger partial charge is 0.248 e. The Balaban J connectivity index is 1.44. The lowest BCUT2D eigenvalue weighted by atomic mass is 10.2. The molecule has 0 unspecified atom stereocenters. The van der Waals surface area contributed by atoms with Gasteiger partial charge in [0.25, 0.3) is 0 Å². The van der Waals surface area contributed by atoms with Crippen LogP contribution in [0.15, 0.2) is 73.3 Å². The van der Waals surface area contributed by atoms with E-state index in [1.807, 2.05) is 0 Å². The summed E-state index contributed by atoms with van der Waals surface area (Å²) < 4.78 is 35.1. The molecule has 2 heterocycles. The zero-order chi connectivity index (χ0) is 21.6. The predicted octanol–water partition coefficient (Wildman–Crippen LogP) is 3.78. The molecule has 0 atom stereocenters. The first-order valence-corrected chi connectivity index (χ1v) is 8.98.